The van der Waals surface area contributed by atoms with Crippen molar-refractivity contribution in [1.82, 2.24) is 15.2 Å². The molecule has 0 aliphatic carbocycles. The van der Waals surface area contributed by atoms with Gasteiger partial charge in [-0.15, -0.1) is 0 Å². The highest BCUT2D eigenvalue weighted by Crippen LogP contribution is 2.21. The van der Waals surface area contributed by atoms with Crippen molar-refractivity contribution in [1.29, 1.82) is 0 Å². The lowest BCUT2D eigenvalue weighted by atomic mass is 10.1. The summed E-state index contributed by atoms with van der Waals surface area (Å²) in [5.41, 5.74) is 0.731. The summed E-state index contributed by atoms with van der Waals surface area (Å²) < 4.78 is 13.1. The summed E-state index contributed by atoms with van der Waals surface area (Å²) in [7, 11) is -0.789. The smallest absolute Gasteiger partial charge is 0.267 e. The number of nitrogens with one attached hydrogen (secondary N) is 2. The Balaban J connectivity index is 1.89. The standard InChI is InChI=1S/C14H23N3O2S/c1-20(19)11-3-7-16-14(18)13-4-2-10-17(13)12-5-8-15-9-6-12/h2,4,10,12,15H,3,5-9,11H2,1H3,(H,16,18). The highest BCUT2D eigenvalue weighted by molar-refractivity contribution is 7.84. The first-order chi connectivity index (χ1) is 9.68. The van der Waals surface area contributed by atoms with Gasteiger partial charge in [-0.1, -0.05) is 0 Å². The molecule has 2 heterocycles. The van der Waals surface area contributed by atoms with E-state index < -0.39 is 10.8 Å². The van der Waals surface area contributed by atoms with E-state index in [1.807, 2.05) is 18.3 Å². The summed E-state index contributed by atoms with van der Waals surface area (Å²) in [6.45, 7) is 2.59. The number of nitrogens with zero attached hydrogens (tertiary/aromatic N) is 1. The zero-order valence-electron chi connectivity index (χ0n) is 11.9. The molecular formula is C14H23N3O2S. The molecule has 5 nitrogen and oxygen atoms in total. The van der Waals surface area contributed by atoms with Crippen molar-refractivity contribution < 1.29 is 9.00 Å². The lowest BCUT2D eigenvalue weighted by molar-refractivity contribution is 0.0941. The second-order valence-corrected chi connectivity index (χ2v) is 6.72. The highest BCUT2D eigenvalue weighted by atomic mass is 32.2. The molecule has 0 bridgehead atoms. The maximum atomic E-state index is 12.2. The van der Waals surface area contributed by atoms with E-state index in [1.54, 1.807) is 6.26 Å². The van der Waals surface area contributed by atoms with Crippen molar-refractivity contribution in [2.75, 3.05) is 31.6 Å². The van der Waals surface area contributed by atoms with Crippen LogP contribution in [0.5, 0.6) is 0 Å². The Morgan fingerprint density at radius 2 is 2.25 bits per heavy atom. The summed E-state index contributed by atoms with van der Waals surface area (Å²) in [5, 5.41) is 6.25. The first kappa shape index (κ1) is 15.3. The number of amides is 1. The Bertz CT molecular complexity index is 467. The van der Waals surface area contributed by atoms with Gasteiger partial charge in [-0.3, -0.25) is 9.00 Å². The first-order valence-corrected chi connectivity index (χ1v) is 8.87. The molecule has 0 aromatic carbocycles. The lowest BCUT2D eigenvalue weighted by Gasteiger charge is -2.25. The predicted molar refractivity (Wildman–Crippen MR) is 81.5 cm³/mol. The average molecular weight is 297 g/mol. The summed E-state index contributed by atoms with van der Waals surface area (Å²) in [6, 6.07) is 4.21. The molecule has 1 unspecified atom stereocenters. The Labute approximate surface area is 122 Å². The van der Waals surface area contributed by atoms with E-state index in [9.17, 15) is 9.00 Å². The maximum Gasteiger partial charge on any atom is 0.267 e. The van der Waals surface area contributed by atoms with Crippen molar-refractivity contribution in [3.8, 4) is 0 Å². The van der Waals surface area contributed by atoms with Crippen LogP contribution in [0, 0.1) is 0 Å². The maximum absolute atomic E-state index is 12.2. The van der Waals surface area contributed by atoms with Crippen molar-refractivity contribution in [2.45, 2.75) is 25.3 Å². The number of rotatable bonds is 6. The monoisotopic (exact) mass is 297 g/mol. The van der Waals surface area contributed by atoms with E-state index in [4.69, 9.17) is 0 Å². The quantitative estimate of drug-likeness (QED) is 0.767. The molecule has 1 fully saturated rings. The highest BCUT2D eigenvalue weighted by Gasteiger charge is 2.19. The van der Waals surface area contributed by atoms with Gasteiger partial charge >= 0.3 is 0 Å². The molecule has 1 aliphatic rings. The van der Waals surface area contributed by atoms with E-state index in [2.05, 4.69) is 15.2 Å². The molecule has 2 rings (SSSR count). The van der Waals surface area contributed by atoms with E-state index >= 15 is 0 Å². The Morgan fingerprint density at radius 3 is 2.95 bits per heavy atom. The molecule has 1 atom stereocenters. The third-order valence-corrected chi connectivity index (χ3v) is 4.47. The molecule has 0 radical (unpaired) electrons. The second-order valence-electron chi connectivity index (χ2n) is 5.17. The normalized spacial score (nSPS) is 17.9. The number of hydrogen-bond acceptors (Lipinski definition) is 3. The molecule has 1 aliphatic heterocycles. The molecule has 1 saturated heterocycles. The Morgan fingerprint density at radius 1 is 1.50 bits per heavy atom. The number of carbonyl (C=O) groups is 1. The average Bonchev–Trinajstić information content (AvgIpc) is 2.93. The third-order valence-electron chi connectivity index (χ3n) is 3.61. The minimum atomic E-state index is -0.789. The first-order valence-electron chi connectivity index (χ1n) is 7.14. The molecular weight excluding hydrogens is 274 g/mol. The minimum Gasteiger partial charge on any atom is -0.351 e. The van der Waals surface area contributed by atoms with Gasteiger partial charge in [-0.25, -0.2) is 0 Å². The van der Waals surface area contributed by atoms with Crippen LogP contribution in [0.4, 0.5) is 0 Å². The molecule has 0 saturated carbocycles. The summed E-state index contributed by atoms with van der Waals surface area (Å²) >= 11 is 0. The number of piperidine rings is 1. The number of hydrogen-bond donors (Lipinski definition) is 2. The van der Waals surface area contributed by atoms with Crippen LogP contribution in [-0.4, -0.2) is 46.3 Å². The number of carbonyl (C=O) groups excluding carboxylic acids is 1. The largest absolute Gasteiger partial charge is 0.351 e. The molecule has 0 spiro atoms. The summed E-state index contributed by atoms with van der Waals surface area (Å²) in [5.74, 6) is 0.602. The minimum absolute atomic E-state index is 0.0320. The van der Waals surface area contributed by atoms with Crippen LogP contribution in [0.1, 0.15) is 35.8 Å². The van der Waals surface area contributed by atoms with Crippen molar-refractivity contribution in [3.63, 3.8) is 0 Å². The molecule has 2 N–H and O–H groups in total. The van der Waals surface area contributed by atoms with Gasteiger partial charge in [-0.05, 0) is 44.5 Å². The van der Waals surface area contributed by atoms with Gasteiger partial charge in [0.25, 0.3) is 5.91 Å². The Kier molecular flexibility index (Phi) is 5.79. The molecule has 1 amide bonds. The predicted octanol–water partition coefficient (Wildman–Crippen LogP) is 0.911. The lowest BCUT2D eigenvalue weighted by Crippen LogP contribution is -2.32. The zero-order chi connectivity index (χ0) is 14.4. The second kappa shape index (κ2) is 7.59. The topological polar surface area (TPSA) is 63.1 Å². The van der Waals surface area contributed by atoms with Crippen molar-refractivity contribution in [2.24, 2.45) is 0 Å². The van der Waals surface area contributed by atoms with E-state index in [1.165, 1.54) is 0 Å². The molecule has 1 aromatic rings. The van der Waals surface area contributed by atoms with E-state index in [-0.39, 0.29) is 5.91 Å². The Hall–Kier alpha value is -1.14. The fourth-order valence-electron chi connectivity index (χ4n) is 2.56. The fourth-order valence-corrected chi connectivity index (χ4v) is 3.11. The van der Waals surface area contributed by atoms with Gasteiger partial charge in [-0.2, -0.15) is 0 Å². The van der Waals surface area contributed by atoms with Gasteiger partial charge < -0.3 is 15.2 Å². The van der Waals surface area contributed by atoms with Crippen LogP contribution in [-0.2, 0) is 10.8 Å². The zero-order valence-corrected chi connectivity index (χ0v) is 12.7. The van der Waals surface area contributed by atoms with Crippen LogP contribution >= 0.6 is 0 Å². The van der Waals surface area contributed by atoms with Gasteiger partial charge in [0.05, 0.1) is 0 Å². The summed E-state index contributed by atoms with van der Waals surface area (Å²) in [6.07, 6.45) is 6.55. The molecule has 1 aromatic heterocycles. The van der Waals surface area contributed by atoms with Gasteiger partial charge in [0, 0.05) is 41.6 Å². The molecule has 20 heavy (non-hydrogen) atoms. The number of aromatic nitrogens is 1. The third kappa shape index (κ3) is 4.18. The van der Waals surface area contributed by atoms with Crippen molar-refractivity contribution >= 4 is 16.7 Å². The summed E-state index contributed by atoms with van der Waals surface area (Å²) in [4.78, 5) is 12.2. The van der Waals surface area contributed by atoms with Crippen LogP contribution < -0.4 is 10.6 Å². The van der Waals surface area contributed by atoms with Crippen LogP contribution in [0.2, 0.25) is 0 Å². The molecule has 112 valence electrons. The van der Waals surface area contributed by atoms with Crippen LogP contribution in [0.15, 0.2) is 18.3 Å². The SMILES string of the molecule is CS(=O)CCCNC(=O)c1cccn1C1CCNCC1. The van der Waals surface area contributed by atoms with Crippen LogP contribution in [0.3, 0.4) is 0 Å². The fraction of sp³-hybridized carbons (Fsp3) is 0.643. The van der Waals surface area contributed by atoms with Gasteiger partial charge in [0.1, 0.15) is 5.69 Å². The van der Waals surface area contributed by atoms with Crippen LogP contribution in [0.25, 0.3) is 0 Å². The van der Waals surface area contributed by atoms with Crippen molar-refractivity contribution in [3.05, 3.63) is 24.0 Å². The van der Waals surface area contributed by atoms with Gasteiger partial charge in [0.2, 0.25) is 0 Å². The van der Waals surface area contributed by atoms with Gasteiger partial charge in [0.15, 0.2) is 0 Å². The van der Waals surface area contributed by atoms with E-state index in [0.717, 1.165) is 38.0 Å². The van der Waals surface area contributed by atoms with E-state index in [0.29, 0.717) is 18.3 Å². The molecule has 6 heteroatoms.